The average Bonchev–Trinajstić information content (AvgIpc) is 2.62. The van der Waals surface area contributed by atoms with Gasteiger partial charge in [0.05, 0.1) is 6.54 Å². The topological polar surface area (TPSA) is 46.0 Å². The fraction of sp³-hybridized carbons (Fsp3) is 0.700. The molecular formula is C10H15KN4. The van der Waals surface area contributed by atoms with E-state index in [9.17, 15) is 0 Å². The maximum absolute atomic E-state index is 4.43. The van der Waals surface area contributed by atoms with Gasteiger partial charge in [-0.15, -0.1) is 13.1 Å². The molecule has 2 aliphatic heterocycles. The Bertz CT molecular complexity index is 324. The number of imidazole rings is 1. The number of nitrogens with one attached hydrogen (secondary N) is 1. The monoisotopic (exact) mass is 230 g/mol. The second-order valence-corrected chi connectivity index (χ2v) is 4.32. The van der Waals surface area contributed by atoms with Crippen molar-refractivity contribution in [3.8, 4) is 0 Å². The molecule has 1 N–H and O–H groups in total. The molecule has 4 nitrogen and oxygen atoms in total. The number of piperazine rings is 1. The van der Waals surface area contributed by atoms with Crippen molar-refractivity contribution in [1.29, 1.82) is 0 Å². The molecule has 3 rings (SSSR count). The number of aromatic amines is 1. The number of hydrogen-bond acceptors (Lipinski definition) is 2. The molecule has 3 heterocycles. The summed E-state index contributed by atoms with van der Waals surface area (Å²) in [7, 11) is 0. The van der Waals surface area contributed by atoms with Crippen LogP contribution in [0, 0.1) is 6.92 Å². The van der Waals surface area contributed by atoms with Crippen LogP contribution in [0.3, 0.4) is 0 Å². The third kappa shape index (κ3) is 2.38. The summed E-state index contributed by atoms with van der Waals surface area (Å²) < 4.78 is 0. The van der Waals surface area contributed by atoms with Gasteiger partial charge >= 0.3 is 51.4 Å². The average molecular weight is 230 g/mol. The first-order valence-corrected chi connectivity index (χ1v) is 5.22. The molecule has 2 atom stereocenters. The predicted octanol–water partition coefficient (Wildman–Crippen LogP) is -1.95. The van der Waals surface area contributed by atoms with Crippen molar-refractivity contribution in [2.75, 3.05) is 13.1 Å². The Hall–Kier alpha value is 0.766. The van der Waals surface area contributed by atoms with Crippen LogP contribution in [0.1, 0.15) is 17.9 Å². The van der Waals surface area contributed by atoms with Gasteiger partial charge in [-0.2, -0.15) is 0 Å². The van der Waals surface area contributed by atoms with Crippen molar-refractivity contribution in [3.63, 3.8) is 0 Å². The smallest absolute Gasteiger partial charge is 0.660 e. The maximum atomic E-state index is 4.43. The molecule has 2 unspecified atom stereocenters. The summed E-state index contributed by atoms with van der Waals surface area (Å²) in [5.41, 5.74) is 1.15. The summed E-state index contributed by atoms with van der Waals surface area (Å²) in [6.45, 7) is 5.06. The third-order valence-corrected chi connectivity index (χ3v) is 3.25. The molecule has 0 radical (unpaired) electrons. The minimum Gasteiger partial charge on any atom is -0.660 e. The standard InChI is InChI=1S/C10H15N4.K/c1-7-3-12-10(13-7)6-14-8-2-9(14)5-11-4-8;/h3,8-9H,2,4-6H2,1H3,(H,12,13);/q-1;+1. The Kier molecular flexibility index (Phi) is 4.04. The van der Waals surface area contributed by atoms with Gasteiger partial charge in [-0.05, 0) is 25.4 Å². The first kappa shape index (κ1) is 12.2. The summed E-state index contributed by atoms with van der Waals surface area (Å²) >= 11 is 0. The molecule has 1 aromatic rings. The molecule has 0 saturated carbocycles. The van der Waals surface area contributed by atoms with E-state index in [-0.39, 0.29) is 51.4 Å². The Balaban J connectivity index is 0.000000853. The van der Waals surface area contributed by atoms with Crippen molar-refractivity contribution in [2.45, 2.75) is 32.0 Å². The number of piperidine rings is 1. The molecule has 5 heteroatoms. The summed E-state index contributed by atoms with van der Waals surface area (Å²) in [6, 6.07) is 1.39. The van der Waals surface area contributed by atoms with E-state index in [1.54, 1.807) is 0 Å². The van der Waals surface area contributed by atoms with Gasteiger partial charge in [0.1, 0.15) is 5.82 Å². The number of aromatic nitrogens is 2. The summed E-state index contributed by atoms with van der Waals surface area (Å²) in [6.07, 6.45) is 3.23. The van der Waals surface area contributed by atoms with Gasteiger partial charge in [-0.3, -0.25) is 4.90 Å². The molecule has 0 aromatic carbocycles. The Morgan fingerprint density at radius 3 is 2.80 bits per heavy atom. The third-order valence-electron chi connectivity index (χ3n) is 3.25. The van der Waals surface area contributed by atoms with E-state index >= 15 is 0 Å². The van der Waals surface area contributed by atoms with Crippen molar-refractivity contribution in [3.05, 3.63) is 23.0 Å². The molecule has 1 aromatic heterocycles. The molecule has 0 spiro atoms. The van der Waals surface area contributed by atoms with Crippen molar-refractivity contribution >= 4 is 0 Å². The van der Waals surface area contributed by atoms with E-state index in [0.29, 0.717) is 12.1 Å². The van der Waals surface area contributed by atoms with Crippen molar-refractivity contribution < 1.29 is 51.4 Å². The molecule has 2 saturated heterocycles. The number of aryl methyl sites for hydroxylation is 1. The first-order chi connectivity index (χ1) is 6.83. The van der Waals surface area contributed by atoms with E-state index in [2.05, 4.69) is 20.2 Å². The van der Waals surface area contributed by atoms with Crippen LogP contribution in [-0.4, -0.2) is 40.0 Å². The van der Waals surface area contributed by atoms with Crippen LogP contribution in [0.4, 0.5) is 0 Å². The van der Waals surface area contributed by atoms with Gasteiger partial charge in [0.15, 0.2) is 0 Å². The van der Waals surface area contributed by atoms with Crippen LogP contribution >= 0.6 is 0 Å². The number of hydrogen-bond donors (Lipinski definition) is 1. The van der Waals surface area contributed by atoms with Gasteiger partial charge < -0.3 is 10.3 Å². The van der Waals surface area contributed by atoms with Gasteiger partial charge in [-0.1, -0.05) is 0 Å². The van der Waals surface area contributed by atoms with Crippen molar-refractivity contribution in [1.82, 2.24) is 14.9 Å². The van der Waals surface area contributed by atoms with Gasteiger partial charge in [0.25, 0.3) is 0 Å². The van der Waals surface area contributed by atoms with E-state index in [0.717, 1.165) is 31.2 Å². The van der Waals surface area contributed by atoms with E-state index in [1.807, 2.05) is 13.1 Å². The Labute approximate surface area is 133 Å². The van der Waals surface area contributed by atoms with Crippen LogP contribution in [0.25, 0.3) is 5.32 Å². The number of nitrogens with zero attached hydrogens (tertiary/aromatic N) is 3. The van der Waals surface area contributed by atoms with Gasteiger partial charge in [0.2, 0.25) is 0 Å². The quantitative estimate of drug-likeness (QED) is 0.601. The minimum atomic E-state index is 0. The number of H-pyrrole nitrogens is 1. The predicted molar refractivity (Wildman–Crippen MR) is 54.2 cm³/mol. The second kappa shape index (κ2) is 4.95. The maximum Gasteiger partial charge on any atom is 1.00 e. The molecule has 15 heavy (non-hydrogen) atoms. The van der Waals surface area contributed by atoms with Crippen LogP contribution in [0.5, 0.6) is 0 Å². The van der Waals surface area contributed by atoms with E-state index < -0.39 is 0 Å². The molecule has 2 aliphatic rings. The van der Waals surface area contributed by atoms with Crippen LogP contribution in [0.2, 0.25) is 0 Å². The zero-order valence-electron chi connectivity index (χ0n) is 9.40. The zero-order valence-corrected chi connectivity index (χ0v) is 12.5. The Morgan fingerprint density at radius 2 is 2.27 bits per heavy atom. The van der Waals surface area contributed by atoms with E-state index in [4.69, 9.17) is 0 Å². The summed E-state index contributed by atoms with van der Waals surface area (Å²) in [5, 5.41) is 4.43. The summed E-state index contributed by atoms with van der Waals surface area (Å²) in [5.74, 6) is 1.10. The Morgan fingerprint density at radius 1 is 1.53 bits per heavy atom. The molecular weight excluding hydrogens is 215 g/mol. The second-order valence-electron chi connectivity index (χ2n) is 4.32. The SMILES string of the molecule is Cc1cnc(CN2C3C[N-]CC2C3)[nH]1.[K+]. The summed E-state index contributed by atoms with van der Waals surface area (Å²) in [4.78, 5) is 10.1. The molecule has 76 valence electrons. The van der Waals surface area contributed by atoms with Crippen LogP contribution in [-0.2, 0) is 6.54 Å². The first-order valence-electron chi connectivity index (χ1n) is 5.22. The van der Waals surface area contributed by atoms with Crippen LogP contribution in [0.15, 0.2) is 6.20 Å². The molecule has 2 bridgehead atoms. The van der Waals surface area contributed by atoms with Crippen LogP contribution < -0.4 is 51.4 Å². The van der Waals surface area contributed by atoms with E-state index in [1.165, 1.54) is 6.42 Å². The normalized spacial score (nSPS) is 29.4. The fourth-order valence-corrected chi connectivity index (χ4v) is 2.45. The zero-order chi connectivity index (χ0) is 9.54. The minimum absolute atomic E-state index is 0. The van der Waals surface area contributed by atoms with Crippen molar-refractivity contribution in [2.24, 2.45) is 0 Å². The molecule has 0 amide bonds. The van der Waals surface area contributed by atoms with Gasteiger partial charge in [-0.25, -0.2) is 4.98 Å². The fourth-order valence-electron chi connectivity index (χ4n) is 2.45. The molecule has 2 fully saturated rings. The molecule has 0 aliphatic carbocycles. The number of rotatable bonds is 2. The van der Waals surface area contributed by atoms with Gasteiger partial charge in [0, 0.05) is 11.9 Å². The largest absolute Gasteiger partial charge is 1.00 e. The number of fused-ring (bicyclic) bond motifs is 2.